The van der Waals surface area contributed by atoms with Gasteiger partial charge in [-0.15, -0.1) is 23.4 Å². The van der Waals surface area contributed by atoms with Crippen LogP contribution >= 0.6 is 23.4 Å². The van der Waals surface area contributed by atoms with Crippen LogP contribution in [0.2, 0.25) is 0 Å². The first-order valence-corrected chi connectivity index (χ1v) is 10.0. The van der Waals surface area contributed by atoms with Crippen molar-refractivity contribution in [1.82, 2.24) is 15.3 Å². The number of nitrogen functional groups attached to an aromatic ring is 1. The lowest BCUT2D eigenvalue weighted by atomic mass is 10.1. The van der Waals surface area contributed by atoms with E-state index in [1.807, 2.05) is 30.3 Å². The van der Waals surface area contributed by atoms with Gasteiger partial charge in [0.05, 0.1) is 5.25 Å². The van der Waals surface area contributed by atoms with Crippen LogP contribution in [0.4, 0.5) is 5.82 Å². The van der Waals surface area contributed by atoms with Crippen LogP contribution in [0.1, 0.15) is 35.5 Å². The molecule has 0 saturated carbocycles. The highest BCUT2D eigenvalue weighted by atomic mass is 35.5. The molecule has 0 aliphatic carbocycles. The summed E-state index contributed by atoms with van der Waals surface area (Å²) in [7, 11) is 0. The van der Waals surface area contributed by atoms with Crippen molar-refractivity contribution in [2.45, 2.75) is 37.3 Å². The van der Waals surface area contributed by atoms with Crippen LogP contribution in [0.3, 0.4) is 0 Å². The van der Waals surface area contributed by atoms with Gasteiger partial charge < -0.3 is 11.1 Å². The average molecular weight is 407 g/mol. The lowest BCUT2D eigenvalue weighted by Crippen LogP contribution is -2.30. The molecule has 0 saturated heterocycles. The first kappa shape index (κ1) is 21.2. The van der Waals surface area contributed by atoms with Crippen LogP contribution in [0.15, 0.2) is 36.5 Å². The minimum absolute atomic E-state index is 0.00515. The molecule has 144 valence electrons. The van der Waals surface area contributed by atoms with Gasteiger partial charge in [-0.1, -0.05) is 30.3 Å². The van der Waals surface area contributed by atoms with E-state index < -0.39 is 5.25 Å². The number of thioether (sulfide) groups is 1. The van der Waals surface area contributed by atoms with Crippen LogP contribution in [0, 0.1) is 6.92 Å². The minimum Gasteiger partial charge on any atom is -0.383 e. The number of carbonyl (C=O) groups excluding carboxylic acids is 2. The highest BCUT2D eigenvalue weighted by Crippen LogP contribution is 2.34. The number of carbonyl (C=O) groups is 2. The number of nitrogens with one attached hydrogen (secondary N) is 1. The summed E-state index contributed by atoms with van der Waals surface area (Å²) in [6.07, 6.45) is 2.12. The summed E-state index contributed by atoms with van der Waals surface area (Å²) in [5.41, 5.74) is 7.36. The normalized spacial score (nSPS) is 13.0. The topological polar surface area (TPSA) is 98.0 Å². The SMILES string of the molecule is CC(=O)C(CCCl)SC(C(=O)NCc1cnc(C)nc1N)c1ccccc1. The van der Waals surface area contributed by atoms with Crippen molar-refractivity contribution >= 4 is 40.9 Å². The average Bonchev–Trinajstić information content (AvgIpc) is 2.64. The molecule has 2 rings (SSSR count). The first-order chi connectivity index (χ1) is 12.9. The van der Waals surface area contributed by atoms with Gasteiger partial charge in [0.15, 0.2) is 0 Å². The van der Waals surface area contributed by atoms with E-state index in [9.17, 15) is 9.59 Å². The Kier molecular flexibility index (Phi) is 8.06. The van der Waals surface area contributed by atoms with Crippen LogP contribution < -0.4 is 11.1 Å². The third-order valence-corrected chi connectivity index (χ3v) is 5.81. The van der Waals surface area contributed by atoms with E-state index in [0.29, 0.717) is 29.5 Å². The van der Waals surface area contributed by atoms with Gasteiger partial charge in [-0.05, 0) is 25.8 Å². The maximum absolute atomic E-state index is 12.9. The van der Waals surface area contributed by atoms with Gasteiger partial charge in [0.1, 0.15) is 22.7 Å². The van der Waals surface area contributed by atoms with Crippen LogP contribution in [-0.4, -0.2) is 32.8 Å². The minimum atomic E-state index is -0.532. The molecule has 0 aliphatic rings. The lowest BCUT2D eigenvalue weighted by molar-refractivity contribution is -0.120. The van der Waals surface area contributed by atoms with Gasteiger partial charge in [-0.2, -0.15) is 0 Å². The second-order valence-electron chi connectivity index (χ2n) is 6.05. The number of nitrogens with zero attached hydrogens (tertiary/aromatic N) is 2. The van der Waals surface area contributed by atoms with Crippen molar-refractivity contribution in [3.63, 3.8) is 0 Å². The Balaban J connectivity index is 2.16. The van der Waals surface area contributed by atoms with Gasteiger partial charge in [-0.3, -0.25) is 9.59 Å². The number of nitrogens with two attached hydrogens (primary N) is 1. The smallest absolute Gasteiger partial charge is 0.237 e. The van der Waals surface area contributed by atoms with E-state index in [2.05, 4.69) is 15.3 Å². The summed E-state index contributed by atoms with van der Waals surface area (Å²) in [6, 6.07) is 9.37. The molecule has 1 aromatic carbocycles. The predicted octanol–water partition coefficient (Wildman–Crippen LogP) is 3.04. The van der Waals surface area contributed by atoms with Gasteiger partial charge in [0.25, 0.3) is 0 Å². The van der Waals surface area contributed by atoms with E-state index in [0.717, 1.165) is 5.56 Å². The number of anilines is 1. The van der Waals surface area contributed by atoms with E-state index in [-0.39, 0.29) is 23.5 Å². The van der Waals surface area contributed by atoms with Crippen LogP contribution in [0.5, 0.6) is 0 Å². The summed E-state index contributed by atoms with van der Waals surface area (Å²) in [4.78, 5) is 33.0. The largest absolute Gasteiger partial charge is 0.383 e. The van der Waals surface area contributed by atoms with Gasteiger partial charge in [0.2, 0.25) is 5.91 Å². The van der Waals surface area contributed by atoms with Crippen molar-refractivity contribution in [1.29, 1.82) is 0 Å². The molecule has 3 N–H and O–H groups in total. The number of aromatic nitrogens is 2. The monoisotopic (exact) mass is 406 g/mol. The third-order valence-electron chi connectivity index (χ3n) is 3.94. The van der Waals surface area contributed by atoms with Gasteiger partial charge in [0, 0.05) is 24.2 Å². The maximum Gasteiger partial charge on any atom is 0.237 e. The second kappa shape index (κ2) is 10.3. The molecule has 0 bridgehead atoms. The zero-order chi connectivity index (χ0) is 19.8. The Morgan fingerprint density at radius 2 is 2.00 bits per heavy atom. The fraction of sp³-hybridized carbons (Fsp3) is 0.368. The number of amides is 1. The number of rotatable bonds is 9. The zero-order valence-electron chi connectivity index (χ0n) is 15.3. The van der Waals surface area contributed by atoms with Crippen molar-refractivity contribution in [2.75, 3.05) is 11.6 Å². The van der Waals surface area contributed by atoms with E-state index in [4.69, 9.17) is 17.3 Å². The highest BCUT2D eigenvalue weighted by molar-refractivity contribution is 8.01. The first-order valence-electron chi connectivity index (χ1n) is 8.55. The van der Waals surface area contributed by atoms with Crippen molar-refractivity contribution in [3.8, 4) is 0 Å². The van der Waals surface area contributed by atoms with Crippen LogP contribution in [-0.2, 0) is 16.1 Å². The number of hydrogen-bond donors (Lipinski definition) is 2. The number of ketones is 1. The Labute approximate surface area is 168 Å². The highest BCUT2D eigenvalue weighted by Gasteiger charge is 2.27. The molecule has 2 unspecified atom stereocenters. The molecule has 1 aromatic heterocycles. The van der Waals surface area contributed by atoms with Crippen LogP contribution in [0.25, 0.3) is 0 Å². The number of alkyl halides is 1. The molecular weight excluding hydrogens is 384 g/mol. The molecule has 1 heterocycles. The molecule has 0 fully saturated rings. The number of benzene rings is 1. The molecule has 8 heteroatoms. The van der Waals surface area contributed by atoms with Crippen molar-refractivity contribution in [2.24, 2.45) is 0 Å². The Morgan fingerprint density at radius 1 is 1.30 bits per heavy atom. The molecule has 2 aromatic rings. The predicted molar refractivity (Wildman–Crippen MR) is 110 cm³/mol. The Bertz CT molecular complexity index is 789. The number of aryl methyl sites for hydroxylation is 1. The van der Waals surface area contributed by atoms with Crippen molar-refractivity contribution in [3.05, 3.63) is 53.5 Å². The number of halogens is 1. The summed E-state index contributed by atoms with van der Waals surface area (Å²) in [5.74, 6) is 1.08. The third kappa shape index (κ3) is 6.22. The van der Waals surface area contributed by atoms with E-state index in [1.165, 1.54) is 18.7 Å². The van der Waals surface area contributed by atoms with Gasteiger partial charge in [-0.25, -0.2) is 9.97 Å². The fourth-order valence-corrected chi connectivity index (χ4v) is 4.12. The maximum atomic E-state index is 12.9. The number of Topliss-reactive ketones (excluding diaryl/α,β-unsaturated/α-hetero) is 1. The number of hydrogen-bond acceptors (Lipinski definition) is 6. The summed E-state index contributed by atoms with van der Waals surface area (Å²) in [6.45, 7) is 3.49. The van der Waals surface area contributed by atoms with Crippen molar-refractivity contribution < 1.29 is 9.59 Å². The quantitative estimate of drug-likeness (QED) is 0.621. The molecular formula is C19H23ClN4O2S. The molecule has 2 atom stereocenters. The van der Waals surface area contributed by atoms with E-state index >= 15 is 0 Å². The Hall–Kier alpha value is -2.12. The molecule has 0 radical (unpaired) electrons. The fourth-order valence-electron chi connectivity index (χ4n) is 2.47. The standard InChI is InChI=1S/C19H23ClN4O2S/c1-12(25)16(8-9-20)27-17(14-6-4-3-5-7-14)19(26)23-11-15-10-22-13(2)24-18(15)21/h3-7,10,16-17H,8-9,11H2,1-2H3,(H,23,26)(H2,21,22,24). The summed E-state index contributed by atoms with van der Waals surface area (Å²) >= 11 is 7.14. The van der Waals surface area contributed by atoms with Gasteiger partial charge >= 0.3 is 0 Å². The molecule has 1 amide bonds. The molecule has 6 nitrogen and oxygen atoms in total. The lowest BCUT2D eigenvalue weighted by Gasteiger charge is -2.21. The van der Waals surface area contributed by atoms with E-state index in [1.54, 1.807) is 13.1 Å². The summed E-state index contributed by atoms with van der Waals surface area (Å²) < 4.78 is 0. The molecule has 0 spiro atoms. The molecule has 27 heavy (non-hydrogen) atoms. The summed E-state index contributed by atoms with van der Waals surface area (Å²) in [5, 5.41) is 2.01. The second-order valence-corrected chi connectivity index (χ2v) is 7.74. The zero-order valence-corrected chi connectivity index (χ0v) is 16.9. The Morgan fingerprint density at radius 3 is 2.59 bits per heavy atom. The molecule has 0 aliphatic heterocycles.